The highest BCUT2D eigenvalue weighted by atomic mass is 35.5. The molecule has 1 unspecified atom stereocenters. The molecule has 0 fully saturated rings. The third-order valence-electron chi connectivity index (χ3n) is 3.48. The minimum Gasteiger partial charge on any atom is -0.306 e. The van der Waals surface area contributed by atoms with Gasteiger partial charge in [0.2, 0.25) is 0 Å². The highest BCUT2D eigenvalue weighted by Gasteiger charge is 2.15. The summed E-state index contributed by atoms with van der Waals surface area (Å²) in [6.07, 6.45) is 3.70. The predicted molar refractivity (Wildman–Crippen MR) is 94.5 cm³/mol. The zero-order valence-electron chi connectivity index (χ0n) is 12.4. The van der Waals surface area contributed by atoms with Gasteiger partial charge in [-0.1, -0.05) is 79.9 Å². The zero-order chi connectivity index (χ0) is 14.2. The van der Waals surface area contributed by atoms with Gasteiger partial charge in [0.15, 0.2) is 0 Å². The Balaban J connectivity index is 0.00000220. The average Bonchev–Trinajstić information content (AvgIpc) is 2.49. The minimum absolute atomic E-state index is 0. The maximum Gasteiger partial charge on any atom is 0.0591 e. The molecule has 1 nitrogen and oxygen atoms in total. The first-order chi connectivity index (χ1) is 9.83. The fourth-order valence-electron chi connectivity index (χ4n) is 2.38. The van der Waals surface area contributed by atoms with Crippen LogP contribution in [0.25, 0.3) is 0 Å². The van der Waals surface area contributed by atoms with Gasteiger partial charge in [-0.15, -0.1) is 12.4 Å². The average molecular weight is 324 g/mol. The van der Waals surface area contributed by atoms with Crippen LogP contribution < -0.4 is 5.32 Å². The van der Waals surface area contributed by atoms with E-state index < -0.39 is 0 Å². The standard InChI is InChI=1S/C18H22ClN.ClH/c1-2-3-9-14-20-18(15-10-5-4-6-11-15)16-12-7-8-13-17(16)19;/h4-8,10-13,18,20H,2-3,9,14H2,1H3;1H. The number of hydrogen-bond acceptors (Lipinski definition) is 1. The number of halogens is 2. The molecule has 0 aliphatic carbocycles. The van der Waals surface area contributed by atoms with Crippen molar-refractivity contribution in [2.24, 2.45) is 0 Å². The van der Waals surface area contributed by atoms with Gasteiger partial charge in [-0.2, -0.15) is 0 Å². The summed E-state index contributed by atoms with van der Waals surface area (Å²) in [4.78, 5) is 0. The van der Waals surface area contributed by atoms with Crippen LogP contribution in [0.3, 0.4) is 0 Å². The van der Waals surface area contributed by atoms with Crippen LogP contribution in [0.4, 0.5) is 0 Å². The molecule has 0 radical (unpaired) electrons. The van der Waals surface area contributed by atoms with Gasteiger partial charge in [0.1, 0.15) is 0 Å². The second-order valence-corrected chi connectivity index (χ2v) is 5.43. The summed E-state index contributed by atoms with van der Waals surface area (Å²) in [5, 5.41) is 4.47. The molecule has 3 heteroatoms. The lowest BCUT2D eigenvalue weighted by molar-refractivity contribution is 0.565. The third-order valence-corrected chi connectivity index (χ3v) is 3.82. The Morgan fingerprint density at radius 1 is 0.952 bits per heavy atom. The molecule has 0 saturated carbocycles. The topological polar surface area (TPSA) is 12.0 Å². The molecule has 1 atom stereocenters. The summed E-state index contributed by atoms with van der Waals surface area (Å²) >= 11 is 6.37. The normalized spacial score (nSPS) is 11.7. The van der Waals surface area contributed by atoms with Crippen molar-refractivity contribution < 1.29 is 0 Å². The molecule has 0 aliphatic heterocycles. The minimum atomic E-state index is 0. The summed E-state index contributed by atoms with van der Waals surface area (Å²) < 4.78 is 0. The van der Waals surface area contributed by atoms with E-state index in [0.29, 0.717) is 0 Å². The lowest BCUT2D eigenvalue weighted by Crippen LogP contribution is -2.23. The molecule has 21 heavy (non-hydrogen) atoms. The largest absolute Gasteiger partial charge is 0.306 e. The van der Waals surface area contributed by atoms with Crippen molar-refractivity contribution >= 4 is 24.0 Å². The predicted octanol–water partition coefficient (Wildman–Crippen LogP) is 5.63. The van der Waals surface area contributed by atoms with Crippen LogP contribution in [-0.2, 0) is 0 Å². The monoisotopic (exact) mass is 323 g/mol. The number of unbranched alkanes of at least 4 members (excludes halogenated alkanes) is 2. The Labute approximate surface area is 139 Å². The Morgan fingerprint density at radius 2 is 1.62 bits per heavy atom. The van der Waals surface area contributed by atoms with E-state index in [9.17, 15) is 0 Å². The van der Waals surface area contributed by atoms with Gasteiger partial charge in [0.05, 0.1) is 6.04 Å². The SMILES string of the molecule is CCCCCNC(c1ccccc1)c1ccccc1Cl.Cl. The van der Waals surface area contributed by atoms with Crippen molar-refractivity contribution in [2.45, 2.75) is 32.2 Å². The zero-order valence-corrected chi connectivity index (χ0v) is 14.0. The van der Waals surface area contributed by atoms with Crippen LogP contribution in [0, 0.1) is 0 Å². The van der Waals surface area contributed by atoms with Gasteiger partial charge in [-0.05, 0) is 30.2 Å². The molecule has 0 aromatic heterocycles. The van der Waals surface area contributed by atoms with Crippen LogP contribution >= 0.6 is 24.0 Å². The summed E-state index contributed by atoms with van der Waals surface area (Å²) in [5.74, 6) is 0. The molecule has 114 valence electrons. The van der Waals surface area contributed by atoms with E-state index in [1.807, 2.05) is 24.3 Å². The Bertz CT molecular complexity index is 514. The van der Waals surface area contributed by atoms with E-state index in [1.54, 1.807) is 0 Å². The molecule has 0 spiro atoms. The van der Waals surface area contributed by atoms with Gasteiger partial charge in [-0.3, -0.25) is 0 Å². The van der Waals surface area contributed by atoms with E-state index in [-0.39, 0.29) is 18.4 Å². The van der Waals surface area contributed by atoms with E-state index in [2.05, 4.69) is 42.6 Å². The maximum atomic E-state index is 6.37. The highest BCUT2D eigenvalue weighted by Crippen LogP contribution is 2.28. The second kappa shape index (κ2) is 9.83. The molecule has 0 heterocycles. The number of hydrogen-bond donors (Lipinski definition) is 1. The van der Waals surface area contributed by atoms with Crippen LogP contribution in [0.15, 0.2) is 54.6 Å². The van der Waals surface area contributed by atoms with Crippen LogP contribution in [0.5, 0.6) is 0 Å². The van der Waals surface area contributed by atoms with Gasteiger partial charge < -0.3 is 5.32 Å². The van der Waals surface area contributed by atoms with Crippen molar-refractivity contribution in [3.05, 3.63) is 70.7 Å². The molecule has 2 rings (SSSR count). The Morgan fingerprint density at radius 3 is 2.29 bits per heavy atom. The Kier molecular flexibility index (Phi) is 8.44. The summed E-state index contributed by atoms with van der Waals surface area (Å²) in [5.41, 5.74) is 2.41. The Hall–Kier alpha value is -1.02. The molecule has 2 aromatic carbocycles. The molecule has 0 amide bonds. The van der Waals surface area contributed by atoms with E-state index in [1.165, 1.54) is 24.8 Å². The van der Waals surface area contributed by atoms with Gasteiger partial charge in [0.25, 0.3) is 0 Å². The molecular formula is C18H23Cl2N. The van der Waals surface area contributed by atoms with Gasteiger partial charge in [-0.25, -0.2) is 0 Å². The van der Waals surface area contributed by atoms with E-state index in [0.717, 1.165) is 17.1 Å². The summed E-state index contributed by atoms with van der Waals surface area (Å²) in [6.45, 7) is 3.24. The molecular weight excluding hydrogens is 301 g/mol. The van der Waals surface area contributed by atoms with Crippen molar-refractivity contribution in [2.75, 3.05) is 6.54 Å². The lowest BCUT2D eigenvalue weighted by atomic mass is 9.98. The van der Waals surface area contributed by atoms with Crippen LogP contribution in [0.2, 0.25) is 5.02 Å². The number of benzene rings is 2. The first-order valence-corrected chi connectivity index (χ1v) is 7.73. The van der Waals surface area contributed by atoms with E-state index >= 15 is 0 Å². The van der Waals surface area contributed by atoms with Gasteiger partial charge >= 0.3 is 0 Å². The van der Waals surface area contributed by atoms with Gasteiger partial charge in [0, 0.05) is 5.02 Å². The van der Waals surface area contributed by atoms with E-state index in [4.69, 9.17) is 11.6 Å². The van der Waals surface area contributed by atoms with Crippen molar-refractivity contribution in [3.8, 4) is 0 Å². The molecule has 0 aliphatic rings. The first kappa shape index (κ1) is 18.0. The third kappa shape index (κ3) is 5.35. The molecule has 1 N–H and O–H groups in total. The van der Waals surface area contributed by atoms with Crippen molar-refractivity contribution in [3.63, 3.8) is 0 Å². The fraction of sp³-hybridized carbons (Fsp3) is 0.333. The van der Waals surface area contributed by atoms with Crippen molar-refractivity contribution in [1.29, 1.82) is 0 Å². The summed E-state index contributed by atoms with van der Waals surface area (Å²) in [7, 11) is 0. The lowest BCUT2D eigenvalue weighted by Gasteiger charge is -2.21. The smallest absolute Gasteiger partial charge is 0.0591 e. The number of nitrogens with one attached hydrogen (secondary N) is 1. The first-order valence-electron chi connectivity index (χ1n) is 7.35. The fourth-order valence-corrected chi connectivity index (χ4v) is 2.63. The summed E-state index contributed by atoms with van der Waals surface area (Å²) in [6, 6.07) is 18.8. The highest BCUT2D eigenvalue weighted by molar-refractivity contribution is 6.31. The van der Waals surface area contributed by atoms with Crippen LogP contribution in [0.1, 0.15) is 43.4 Å². The van der Waals surface area contributed by atoms with Crippen LogP contribution in [-0.4, -0.2) is 6.54 Å². The molecule has 0 saturated heterocycles. The number of rotatable bonds is 7. The van der Waals surface area contributed by atoms with Crippen molar-refractivity contribution in [1.82, 2.24) is 5.32 Å². The quantitative estimate of drug-likeness (QED) is 0.651. The molecule has 0 bridgehead atoms. The molecule has 2 aromatic rings. The maximum absolute atomic E-state index is 6.37. The second-order valence-electron chi connectivity index (χ2n) is 5.03.